The van der Waals surface area contributed by atoms with Crippen LogP contribution in [0.15, 0.2) is 58.4 Å². The van der Waals surface area contributed by atoms with Gasteiger partial charge in [-0.2, -0.15) is 0 Å². The van der Waals surface area contributed by atoms with E-state index in [2.05, 4.69) is 45.9 Å². The Morgan fingerprint density at radius 3 is 2.38 bits per heavy atom. The smallest absolute Gasteiger partial charge is 0.166 e. The molecule has 2 heteroatoms. The summed E-state index contributed by atoms with van der Waals surface area (Å²) in [6.07, 6.45) is 15.2. The maximum atomic E-state index is 11.1. The van der Waals surface area contributed by atoms with Crippen LogP contribution in [0.1, 0.15) is 53.9 Å². The molecule has 0 aromatic carbocycles. The van der Waals surface area contributed by atoms with Crippen LogP contribution >= 0.6 is 0 Å². The quantitative estimate of drug-likeness (QED) is 0.359. The lowest BCUT2D eigenvalue weighted by Gasteiger charge is -2.32. The van der Waals surface area contributed by atoms with Gasteiger partial charge in [0.25, 0.3) is 0 Å². The molecule has 0 spiro atoms. The van der Waals surface area contributed by atoms with Crippen molar-refractivity contribution in [1.82, 2.24) is 4.90 Å². The highest BCUT2D eigenvalue weighted by Gasteiger charge is 2.26. The Labute approximate surface area is 148 Å². The predicted octanol–water partition coefficient (Wildman–Crippen LogP) is 5.61. The van der Waals surface area contributed by atoms with Gasteiger partial charge in [0.05, 0.1) is 5.70 Å². The largest absolute Gasteiger partial charge is 0.375 e. The highest BCUT2D eigenvalue weighted by molar-refractivity contribution is 5.74. The Morgan fingerprint density at radius 2 is 1.83 bits per heavy atom. The number of hydrogen-bond acceptors (Lipinski definition) is 2. The fourth-order valence-electron chi connectivity index (χ4n) is 3.26. The minimum absolute atomic E-state index is 0.277. The van der Waals surface area contributed by atoms with Gasteiger partial charge in [0.15, 0.2) is 6.29 Å². The first-order chi connectivity index (χ1) is 11.2. The summed E-state index contributed by atoms with van der Waals surface area (Å²) in [5.74, 6) is 0. The van der Waals surface area contributed by atoms with E-state index < -0.39 is 0 Å². The van der Waals surface area contributed by atoms with E-state index in [1.165, 1.54) is 36.0 Å². The third kappa shape index (κ3) is 5.67. The van der Waals surface area contributed by atoms with Gasteiger partial charge in [-0.25, -0.2) is 0 Å². The Hall–Kier alpha value is -1.83. The lowest BCUT2D eigenvalue weighted by Crippen LogP contribution is -2.19. The maximum Gasteiger partial charge on any atom is 0.166 e. The summed E-state index contributed by atoms with van der Waals surface area (Å²) in [6, 6.07) is 0. The van der Waals surface area contributed by atoms with E-state index in [9.17, 15) is 4.79 Å². The molecular formula is C22H33NO. The zero-order chi connectivity index (χ0) is 18.3. The molecule has 0 amide bonds. The Bertz CT molecular complexity index is 610. The molecule has 1 rings (SSSR count). The number of hydrogen-bond donors (Lipinski definition) is 0. The number of rotatable bonds is 6. The topological polar surface area (TPSA) is 20.3 Å². The third-order valence-corrected chi connectivity index (χ3v) is 4.76. The molecule has 0 bridgehead atoms. The fraction of sp³-hybridized carbons (Fsp3) is 0.500. The summed E-state index contributed by atoms with van der Waals surface area (Å²) in [5, 5.41) is 0. The third-order valence-electron chi connectivity index (χ3n) is 4.76. The molecule has 2 nitrogen and oxygen atoms in total. The number of likely N-dealkylation sites (N-methyl/N-ethyl adjacent to an activating group) is 1. The number of carbonyl (C=O) groups excluding carboxylic acids is 1. The minimum Gasteiger partial charge on any atom is -0.375 e. The molecule has 0 saturated heterocycles. The molecule has 0 aromatic heterocycles. The molecule has 0 fully saturated rings. The first-order valence-electron chi connectivity index (χ1n) is 8.75. The first-order valence-corrected chi connectivity index (χ1v) is 8.75. The first kappa shape index (κ1) is 20.2. The molecule has 0 N–H and O–H groups in total. The van der Waals surface area contributed by atoms with Crippen molar-refractivity contribution < 1.29 is 4.79 Å². The molecule has 0 atom stereocenters. The lowest BCUT2D eigenvalue weighted by molar-refractivity contribution is -0.106. The molecule has 0 radical (unpaired) electrons. The SMILES string of the molecule is CC(C=CC1=C(C)CCCC1(C)C)=CC=CC(C)=C(C=O)N(C)C. The Morgan fingerprint density at radius 1 is 1.17 bits per heavy atom. The number of nitrogens with zero attached hydrogens (tertiary/aromatic N) is 1. The van der Waals surface area contributed by atoms with E-state index in [0.29, 0.717) is 5.70 Å². The van der Waals surface area contributed by atoms with Crippen molar-refractivity contribution in [3.05, 3.63) is 58.4 Å². The van der Waals surface area contributed by atoms with Crippen molar-refractivity contribution >= 4 is 6.29 Å². The molecule has 1 aliphatic carbocycles. The van der Waals surface area contributed by atoms with Crippen LogP contribution in [0.2, 0.25) is 0 Å². The second-order valence-electron chi connectivity index (χ2n) is 7.62. The monoisotopic (exact) mass is 327 g/mol. The standard InChI is InChI=1S/C22H33NO/c1-17(10-8-11-19(3)21(16-24)23(6)7)13-14-20-18(2)12-9-15-22(20,4)5/h8,10-11,13-14,16H,9,12,15H2,1-7H3. The van der Waals surface area contributed by atoms with E-state index in [1.54, 1.807) is 0 Å². The highest BCUT2D eigenvalue weighted by atomic mass is 16.1. The van der Waals surface area contributed by atoms with Gasteiger partial charge < -0.3 is 4.90 Å². The summed E-state index contributed by atoms with van der Waals surface area (Å²) in [7, 11) is 3.76. The van der Waals surface area contributed by atoms with Crippen molar-refractivity contribution in [3.63, 3.8) is 0 Å². The van der Waals surface area contributed by atoms with Gasteiger partial charge in [0.2, 0.25) is 0 Å². The number of aldehydes is 1. The summed E-state index contributed by atoms with van der Waals surface area (Å²) in [4.78, 5) is 12.9. The van der Waals surface area contributed by atoms with Gasteiger partial charge in [-0.05, 0) is 56.6 Å². The second-order valence-corrected chi connectivity index (χ2v) is 7.62. The molecule has 0 saturated carbocycles. The molecule has 0 aromatic rings. The summed E-state index contributed by atoms with van der Waals surface area (Å²) in [5.41, 5.74) is 6.16. The number of carbonyl (C=O) groups is 1. The Balaban J connectivity index is 2.88. The van der Waals surface area contributed by atoms with Crippen LogP contribution in [0.5, 0.6) is 0 Å². The summed E-state index contributed by atoms with van der Waals surface area (Å²) in [6.45, 7) is 11.0. The average Bonchev–Trinajstić information content (AvgIpc) is 2.46. The predicted molar refractivity (Wildman–Crippen MR) is 105 cm³/mol. The van der Waals surface area contributed by atoms with E-state index in [4.69, 9.17) is 0 Å². The average molecular weight is 328 g/mol. The summed E-state index contributed by atoms with van der Waals surface area (Å²) >= 11 is 0. The van der Waals surface area contributed by atoms with Gasteiger partial charge in [0, 0.05) is 14.1 Å². The van der Waals surface area contributed by atoms with E-state index in [-0.39, 0.29) is 5.41 Å². The lowest BCUT2D eigenvalue weighted by atomic mass is 9.72. The maximum absolute atomic E-state index is 11.1. The van der Waals surface area contributed by atoms with Crippen molar-refractivity contribution in [2.75, 3.05) is 14.1 Å². The van der Waals surface area contributed by atoms with E-state index in [0.717, 1.165) is 11.9 Å². The minimum atomic E-state index is 0.277. The Kier molecular flexibility index (Phi) is 7.47. The zero-order valence-corrected chi connectivity index (χ0v) is 16.4. The fourth-order valence-corrected chi connectivity index (χ4v) is 3.26. The molecule has 0 aliphatic heterocycles. The number of allylic oxidation sites excluding steroid dienone is 10. The van der Waals surface area contributed by atoms with Crippen LogP contribution in [0.4, 0.5) is 0 Å². The van der Waals surface area contributed by atoms with E-state index >= 15 is 0 Å². The van der Waals surface area contributed by atoms with Crippen molar-refractivity contribution in [3.8, 4) is 0 Å². The van der Waals surface area contributed by atoms with Crippen LogP contribution < -0.4 is 0 Å². The van der Waals surface area contributed by atoms with Crippen molar-refractivity contribution in [1.29, 1.82) is 0 Å². The zero-order valence-electron chi connectivity index (χ0n) is 16.4. The van der Waals surface area contributed by atoms with Gasteiger partial charge in [-0.15, -0.1) is 0 Å². The van der Waals surface area contributed by atoms with Gasteiger partial charge in [0.1, 0.15) is 0 Å². The second kappa shape index (κ2) is 8.86. The molecule has 132 valence electrons. The van der Waals surface area contributed by atoms with Gasteiger partial charge in [-0.1, -0.05) is 55.4 Å². The van der Waals surface area contributed by atoms with Crippen molar-refractivity contribution in [2.45, 2.75) is 53.9 Å². The van der Waals surface area contributed by atoms with Gasteiger partial charge in [-0.3, -0.25) is 4.79 Å². The van der Waals surface area contributed by atoms with Crippen LogP contribution in [-0.4, -0.2) is 25.3 Å². The molecule has 0 heterocycles. The van der Waals surface area contributed by atoms with Crippen molar-refractivity contribution in [2.24, 2.45) is 5.41 Å². The molecule has 0 unspecified atom stereocenters. The highest BCUT2D eigenvalue weighted by Crippen LogP contribution is 2.40. The van der Waals surface area contributed by atoms with Crippen LogP contribution in [0.3, 0.4) is 0 Å². The molecule has 24 heavy (non-hydrogen) atoms. The summed E-state index contributed by atoms with van der Waals surface area (Å²) < 4.78 is 0. The van der Waals surface area contributed by atoms with Gasteiger partial charge >= 0.3 is 0 Å². The normalized spacial score (nSPS) is 19.9. The van der Waals surface area contributed by atoms with Crippen LogP contribution in [-0.2, 0) is 4.79 Å². The molecule has 1 aliphatic rings. The van der Waals surface area contributed by atoms with Crippen LogP contribution in [0.25, 0.3) is 0 Å². The molecular weight excluding hydrogens is 294 g/mol. The van der Waals surface area contributed by atoms with E-state index in [1.807, 2.05) is 38.1 Å². The van der Waals surface area contributed by atoms with Crippen LogP contribution in [0, 0.1) is 5.41 Å².